The third-order valence-electron chi connectivity index (χ3n) is 4.44. The smallest absolute Gasteiger partial charge is 0.264 e. The second-order valence-corrected chi connectivity index (χ2v) is 7.63. The Labute approximate surface area is 138 Å². The molecule has 2 unspecified atom stereocenters. The van der Waals surface area contributed by atoms with Crippen molar-refractivity contribution < 1.29 is 31.7 Å². The Balaban J connectivity index is 1.58. The van der Waals surface area contributed by atoms with Crippen LogP contribution >= 0.6 is 0 Å². The van der Waals surface area contributed by atoms with Crippen LogP contribution < -0.4 is 0 Å². The maximum absolute atomic E-state index is 12.6. The van der Waals surface area contributed by atoms with Crippen LogP contribution in [0.4, 0.5) is 0 Å². The largest absolute Gasteiger partial charge is 0.370 e. The molecule has 3 aliphatic heterocycles. The monoisotopic (exact) mass is 353 g/mol. The fraction of sp³-hybridized carbons (Fsp3) is 0.467. The molecule has 0 aliphatic carbocycles. The van der Waals surface area contributed by atoms with Crippen molar-refractivity contribution in [2.45, 2.75) is 24.4 Å². The lowest BCUT2D eigenvalue weighted by molar-refractivity contribution is 0.0251. The highest BCUT2D eigenvalue weighted by molar-refractivity contribution is 7.86. The summed E-state index contributed by atoms with van der Waals surface area (Å²) in [7, 11) is -3.66. The summed E-state index contributed by atoms with van der Waals surface area (Å²) in [6.45, 7) is 0.118. The van der Waals surface area contributed by atoms with E-state index >= 15 is 0 Å². The third-order valence-corrected chi connectivity index (χ3v) is 5.03. The molecule has 9 heteroatoms. The number of amides is 2. The van der Waals surface area contributed by atoms with Crippen LogP contribution in [0.5, 0.6) is 0 Å². The molecule has 0 spiro atoms. The van der Waals surface area contributed by atoms with Gasteiger partial charge >= 0.3 is 0 Å². The molecule has 0 radical (unpaired) electrons. The molecule has 0 bridgehead atoms. The Morgan fingerprint density at radius 1 is 1.04 bits per heavy atom. The number of fused-ring (bicyclic) bond motifs is 2. The molecule has 1 aromatic rings. The van der Waals surface area contributed by atoms with Gasteiger partial charge in [0.2, 0.25) is 0 Å². The van der Waals surface area contributed by atoms with Crippen LogP contribution in [0.3, 0.4) is 0 Å². The zero-order chi connectivity index (χ0) is 17.1. The van der Waals surface area contributed by atoms with Crippen LogP contribution in [0.1, 0.15) is 20.7 Å². The lowest BCUT2D eigenvalue weighted by atomic mass is 10.1. The van der Waals surface area contributed by atoms with Crippen LogP contribution in [0.25, 0.3) is 0 Å². The van der Waals surface area contributed by atoms with Gasteiger partial charge in [0.25, 0.3) is 21.9 Å². The van der Waals surface area contributed by atoms with E-state index in [1.54, 1.807) is 24.3 Å². The normalized spacial score (nSPS) is 32.3. The van der Waals surface area contributed by atoms with E-state index in [4.69, 9.17) is 13.7 Å². The van der Waals surface area contributed by atoms with Crippen molar-refractivity contribution in [2.24, 2.45) is 0 Å². The average molecular weight is 353 g/mol. The second-order valence-electron chi connectivity index (χ2n) is 6.03. The Morgan fingerprint density at radius 2 is 1.62 bits per heavy atom. The van der Waals surface area contributed by atoms with Crippen LogP contribution in [0.2, 0.25) is 0 Å². The summed E-state index contributed by atoms with van der Waals surface area (Å²) in [4.78, 5) is 26.3. The number of imide groups is 1. The summed E-state index contributed by atoms with van der Waals surface area (Å²) in [6.07, 6.45) is -1.05. The van der Waals surface area contributed by atoms with Crippen molar-refractivity contribution in [1.82, 2.24) is 4.90 Å². The van der Waals surface area contributed by atoms with Gasteiger partial charge in [-0.2, -0.15) is 8.42 Å². The molecule has 4 rings (SSSR count). The molecule has 3 aliphatic rings. The number of ether oxygens (including phenoxy) is 2. The molecule has 24 heavy (non-hydrogen) atoms. The van der Waals surface area contributed by atoms with Crippen LogP contribution in [-0.4, -0.2) is 69.0 Å². The van der Waals surface area contributed by atoms with Gasteiger partial charge < -0.3 is 9.47 Å². The van der Waals surface area contributed by atoms with Gasteiger partial charge in [0, 0.05) is 0 Å². The molecule has 2 saturated heterocycles. The van der Waals surface area contributed by atoms with E-state index in [9.17, 15) is 18.0 Å². The minimum Gasteiger partial charge on any atom is -0.370 e. The minimum atomic E-state index is -3.66. The van der Waals surface area contributed by atoms with E-state index in [2.05, 4.69) is 0 Å². The third kappa shape index (κ3) is 2.35. The number of carbonyl (C=O) groups is 2. The molecule has 128 valence electrons. The fourth-order valence-electron chi connectivity index (χ4n) is 3.48. The molecular formula is C15H15NO7S. The van der Waals surface area contributed by atoms with Gasteiger partial charge in [-0.05, 0) is 12.1 Å². The zero-order valence-corrected chi connectivity index (χ0v) is 13.6. The quantitative estimate of drug-likeness (QED) is 0.548. The Kier molecular flexibility index (Phi) is 3.50. The first-order valence-corrected chi connectivity index (χ1v) is 9.27. The molecule has 8 nitrogen and oxygen atoms in total. The highest BCUT2D eigenvalue weighted by Crippen LogP contribution is 2.35. The molecular weight excluding hydrogens is 338 g/mol. The first-order chi connectivity index (χ1) is 11.4. The van der Waals surface area contributed by atoms with E-state index in [0.29, 0.717) is 11.1 Å². The predicted molar refractivity (Wildman–Crippen MR) is 79.9 cm³/mol. The predicted octanol–water partition coefficient (Wildman–Crippen LogP) is -0.206. The summed E-state index contributed by atoms with van der Waals surface area (Å²) in [5.74, 6) is -0.776. The molecule has 1 aromatic carbocycles. The van der Waals surface area contributed by atoms with Gasteiger partial charge in [-0.1, -0.05) is 12.1 Å². The number of carbonyl (C=O) groups excluding carboxylic acids is 2. The number of rotatable bonds is 3. The summed E-state index contributed by atoms with van der Waals surface area (Å²) in [5.41, 5.74) is 0.709. The number of hydrogen-bond acceptors (Lipinski definition) is 7. The van der Waals surface area contributed by atoms with E-state index in [1.165, 1.54) is 0 Å². The number of hydrogen-bond donors (Lipinski definition) is 0. The van der Waals surface area contributed by atoms with Crippen LogP contribution in [0, 0.1) is 0 Å². The zero-order valence-electron chi connectivity index (χ0n) is 12.7. The van der Waals surface area contributed by atoms with Gasteiger partial charge in [-0.15, -0.1) is 0 Å². The molecule has 0 saturated carbocycles. The van der Waals surface area contributed by atoms with E-state index < -0.39 is 34.5 Å². The lowest BCUT2D eigenvalue weighted by Crippen LogP contribution is -2.47. The molecule has 4 atom stereocenters. The minimum absolute atomic E-state index is 0.0298. The van der Waals surface area contributed by atoms with Gasteiger partial charge in [-0.3, -0.25) is 18.7 Å². The van der Waals surface area contributed by atoms with E-state index in [1.807, 2.05) is 0 Å². The van der Waals surface area contributed by atoms with E-state index in [0.717, 1.165) is 11.2 Å². The topological polar surface area (TPSA) is 99.2 Å². The highest BCUT2D eigenvalue weighted by atomic mass is 32.2. The van der Waals surface area contributed by atoms with Crippen molar-refractivity contribution in [3.63, 3.8) is 0 Å². The summed E-state index contributed by atoms with van der Waals surface area (Å²) in [6, 6.07) is 6.00. The van der Waals surface area contributed by atoms with Gasteiger partial charge in [0.15, 0.2) is 0 Å². The van der Waals surface area contributed by atoms with Gasteiger partial charge in [0.05, 0.1) is 36.6 Å². The van der Waals surface area contributed by atoms with Crippen molar-refractivity contribution in [3.8, 4) is 0 Å². The van der Waals surface area contributed by atoms with Crippen LogP contribution in [0.15, 0.2) is 24.3 Å². The Morgan fingerprint density at radius 3 is 2.21 bits per heavy atom. The van der Waals surface area contributed by atoms with Crippen molar-refractivity contribution in [1.29, 1.82) is 0 Å². The molecule has 2 fully saturated rings. The molecule has 0 N–H and O–H groups in total. The fourth-order valence-corrected chi connectivity index (χ4v) is 4.10. The number of nitrogens with zero attached hydrogens (tertiary/aromatic N) is 1. The Bertz CT molecular complexity index is 786. The Hall–Kier alpha value is -1.81. The van der Waals surface area contributed by atoms with Crippen molar-refractivity contribution >= 4 is 21.9 Å². The molecule has 2 amide bonds. The average Bonchev–Trinajstić information content (AvgIpc) is 3.15. The maximum Gasteiger partial charge on any atom is 0.264 e. The summed E-state index contributed by atoms with van der Waals surface area (Å²) in [5, 5.41) is 0. The molecule has 0 aromatic heterocycles. The molecule has 3 heterocycles. The maximum atomic E-state index is 12.6. The number of benzene rings is 1. The first kappa shape index (κ1) is 15.7. The van der Waals surface area contributed by atoms with Crippen molar-refractivity contribution in [3.05, 3.63) is 35.4 Å². The highest BCUT2D eigenvalue weighted by Gasteiger charge is 2.55. The van der Waals surface area contributed by atoms with Crippen LogP contribution in [-0.2, 0) is 23.8 Å². The van der Waals surface area contributed by atoms with E-state index in [-0.39, 0.29) is 25.0 Å². The first-order valence-electron chi connectivity index (χ1n) is 7.45. The second kappa shape index (κ2) is 5.35. The summed E-state index contributed by atoms with van der Waals surface area (Å²) >= 11 is 0. The summed E-state index contributed by atoms with van der Waals surface area (Å²) < 4.78 is 38.8. The lowest BCUT2D eigenvalue weighted by Gasteiger charge is -2.24. The van der Waals surface area contributed by atoms with Gasteiger partial charge in [0.1, 0.15) is 18.3 Å². The van der Waals surface area contributed by atoms with Crippen molar-refractivity contribution in [2.75, 3.05) is 19.5 Å². The SMILES string of the molecule is CS(=O)(=O)O[C@H]1COC2C1OC[C@@H]2N1C(=O)c2ccccc2C1=O. The van der Waals surface area contributed by atoms with Gasteiger partial charge in [-0.25, -0.2) is 0 Å². The standard InChI is InChI=1S/C15H15NO7S/c1-24(19,20)23-11-7-22-12-10(6-21-13(11)12)16-14(17)8-4-2-3-5-9(8)15(16)18/h2-5,10-13H,6-7H2,1H3/t10-,11-,12?,13?/m0/s1.